The molecule has 2 rings (SSSR count). The average Bonchev–Trinajstić information content (AvgIpc) is 2.40. The Morgan fingerprint density at radius 1 is 0.684 bits per heavy atom. The molecule has 100 valence electrons. The van der Waals surface area contributed by atoms with E-state index in [0.717, 1.165) is 0 Å². The Hall–Kier alpha value is -0.206. The first-order valence-corrected chi connectivity index (χ1v) is 15.4. The lowest BCUT2D eigenvalue weighted by Gasteiger charge is -2.31. The molecule has 19 heavy (non-hydrogen) atoms. The van der Waals surface area contributed by atoms with Crippen LogP contribution in [0.3, 0.4) is 0 Å². The van der Waals surface area contributed by atoms with Crippen molar-refractivity contribution in [3.05, 3.63) is 60.7 Å². The van der Waals surface area contributed by atoms with Crippen molar-refractivity contribution in [2.75, 3.05) is 0 Å². The molecule has 0 saturated carbocycles. The van der Waals surface area contributed by atoms with Crippen LogP contribution < -0.4 is 10.4 Å². The molecule has 2 aromatic rings. The molecule has 0 spiro atoms. The molecule has 0 amide bonds. The van der Waals surface area contributed by atoms with E-state index in [4.69, 9.17) is 4.12 Å². The first-order valence-electron chi connectivity index (χ1n) is 6.11. The molecule has 0 saturated heterocycles. The van der Waals surface area contributed by atoms with Gasteiger partial charge in [0.25, 0.3) is 13.9 Å². The summed E-state index contributed by atoms with van der Waals surface area (Å²) in [5.74, 6) is 0. The van der Waals surface area contributed by atoms with E-state index < -0.39 is 13.9 Å². The molecule has 0 fully saturated rings. The molecule has 0 unspecified atom stereocenters. The second kappa shape index (κ2) is 6.05. The van der Waals surface area contributed by atoms with E-state index in [0.29, 0.717) is 0 Å². The Balaban J connectivity index is 2.25. The van der Waals surface area contributed by atoms with Gasteiger partial charge in [0.1, 0.15) is 0 Å². The zero-order chi connectivity index (χ0) is 13.9. The van der Waals surface area contributed by atoms with Gasteiger partial charge >= 0.3 is 0 Å². The van der Waals surface area contributed by atoms with Gasteiger partial charge < -0.3 is 4.12 Å². The summed E-state index contributed by atoms with van der Waals surface area (Å²) in [6, 6.07) is 20.8. The summed E-state index contributed by atoms with van der Waals surface area (Å²) >= 11 is 7.69. The largest absolute Gasteiger partial charge is 0.433 e. The molecule has 0 heterocycles. The number of halogens is 2. The number of rotatable bonds is 4. The van der Waals surface area contributed by atoms with Gasteiger partial charge in [0, 0.05) is 0 Å². The van der Waals surface area contributed by atoms with Crippen molar-refractivity contribution < 1.29 is 4.12 Å². The number of hydrogen-bond donors (Lipinski definition) is 0. The number of hydrogen-bond acceptors (Lipinski definition) is 1. The van der Waals surface area contributed by atoms with Crippen molar-refractivity contribution in [1.29, 1.82) is 0 Å². The summed E-state index contributed by atoms with van der Waals surface area (Å²) in [6.45, 7) is 0.216. The molecular formula is C14H16Br2OSi2. The van der Waals surface area contributed by atoms with E-state index in [1.54, 1.807) is 0 Å². The lowest BCUT2D eigenvalue weighted by Crippen LogP contribution is -2.54. The van der Waals surface area contributed by atoms with Crippen LogP contribution in [0.25, 0.3) is 0 Å². The van der Waals surface area contributed by atoms with Crippen LogP contribution in [0.4, 0.5) is 0 Å². The van der Waals surface area contributed by atoms with E-state index in [1.165, 1.54) is 10.4 Å². The average molecular weight is 416 g/mol. The van der Waals surface area contributed by atoms with Gasteiger partial charge in [0.05, 0.1) is 0 Å². The predicted molar refractivity (Wildman–Crippen MR) is 94.3 cm³/mol. The Bertz CT molecular complexity index is 480. The second-order valence-electron chi connectivity index (χ2n) is 4.67. The van der Waals surface area contributed by atoms with Crippen molar-refractivity contribution in [2.45, 2.75) is 13.1 Å². The van der Waals surface area contributed by atoms with Gasteiger partial charge in [0.15, 0.2) is 0 Å². The highest BCUT2D eigenvalue weighted by Gasteiger charge is 2.39. The fourth-order valence-corrected chi connectivity index (χ4v) is 16.7. The van der Waals surface area contributed by atoms with E-state index in [2.05, 4.69) is 92.2 Å². The quantitative estimate of drug-likeness (QED) is 0.545. The molecule has 5 heteroatoms. The third-order valence-corrected chi connectivity index (χ3v) is 14.4. The third kappa shape index (κ3) is 3.89. The van der Waals surface area contributed by atoms with E-state index in [-0.39, 0.29) is 0 Å². The minimum Gasteiger partial charge on any atom is -0.433 e. The van der Waals surface area contributed by atoms with E-state index in [1.807, 2.05) is 12.1 Å². The van der Waals surface area contributed by atoms with Crippen molar-refractivity contribution in [2.24, 2.45) is 0 Å². The fraction of sp³-hybridized carbons (Fsp3) is 0.143. The molecule has 0 aliphatic rings. The zero-order valence-corrected chi connectivity index (χ0v) is 16.1. The summed E-state index contributed by atoms with van der Waals surface area (Å²) < 4.78 is 6.51. The van der Waals surface area contributed by atoms with Crippen LogP contribution in [0.2, 0.25) is 13.1 Å². The molecule has 0 N–H and O–H groups in total. The van der Waals surface area contributed by atoms with Crippen molar-refractivity contribution in [1.82, 2.24) is 0 Å². The van der Waals surface area contributed by atoms with Crippen molar-refractivity contribution >= 4 is 54.8 Å². The molecule has 0 aromatic heterocycles. The summed E-state index contributed by atoms with van der Waals surface area (Å²) in [5.41, 5.74) is 0. The minimum absolute atomic E-state index is 1.25. The maximum atomic E-state index is 6.51. The summed E-state index contributed by atoms with van der Waals surface area (Å²) in [5, 5.41) is 2.51. The first kappa shape index (κ1) is 15.2. The highest BCUT2D eigenvalue weighted by atomic mass is 79.9. The van der Waals surface area contributed by atoms with Crippen LogP contribution in [-0.2, 0) is 4.12 Å². The van der Waals surface area contributed by atoms with Crippen molar-refractivity contribution in [3.63, 3.8) is 0 Å². The topological polar surface area (TPSA) is 9.23 Å². The molecule has 0 radical (unpaired) electrons. The van der Waals surface area contributed by atoms with Gasteiger partial charge in [-0.1, -0.05) is 91.2 Å². The SMILES string of the molecule is C[Si@](Br)(O[Si@@](C)(Br)c1ccccc1)c1ccccc1. The van der Waals surface area contributed by atoms with Gasteiger partial charge in [-0.2, -0.15) is 0 Å². The van der Waals surface area contributed by atoms with E-state index in [9.17, 15) is 0 Å². The van der Waals surface area contributed by atoms with Gasteiger partial charge in [-0.15, -0.1) is 0 Å². The smallest absolute Gasteiger partial charge is 0.283 e. The monoisotopic (exact) mass is 414 g/mol. The second-order valence-corrected chi connectivity index (χ2v) is 19.4. The molecular weight excluding hydrogens is 400 g/mol. The Kier molecular flexibility index (Phi) is 4.84. The molecule has 0 bridgehead atoms. The Morgan fingerprint density at radius 3 is 1.32 bits per heavy atom. The van der Waals surface area contributed by atoms with Crippen molar-refractivity contribution in [3.8, 4) is 0 Å². The molecule has 0 aliphatic carbocycles. The Morgan fingerprint density at radius 2 is 1.00 bits per heavy atom. The highest BCUT2D eigenvalue weighted by molar-refractivity contribution is 9.27. The first-order chi connectivity index (χ1) is 8.92. The lowest BCUT2D eigenvalue weighted by molar-refractivity contribution is 0.609. The maximum Gasteiger partial charge on any atom is 0.283 e. The normalized spacial score (nSPS) is 17.5. The lowest BCUT2D eigenvalue weighted by atomic mass is 10.4. The van der Waals surface area contributed by atoms with Crippen LogP contribution in [-0.4, -0.2) is 13.9 Å². The van der Waals surface area contributed by atoms with Crippen LogP contribution in [0.1, 0.15) is 0 Å². The van der Waals surface area contributed by atoms with Gasteiger partial charge in [0.2, 0.25) is 0 Å². The standard InChI is InChI=1S/C14H16Br2OSi2/c1-18(15,13-9-5-3-6-10-13)17-19(2,16)14-11-7-4-8-12-14/h3-12H,1-2H3/t18-,19+. The Labute approximate surface area is 132 Å². The molecule has 0 aliphatic heterocycles. The van der Waals surface area contributed by atoms with Crippen LogP contribution in [0, 0.1) is 0 Å². The van der Waals surface area contributed by atoms with Crippen LogP contribution in [0.5, 0.6) is 0 Å². The van der Waals surface area contributed by atoms with Gasteiger partial charge in [-0.25, -0.2) is 0 Å². The highest BCUT2D eigenvalue weighted by Crippen LogP contribution is 2.24. The van der Waals surface area contributed by atoms with Crippen LogP contribution >= 0.6 is 30.6 Å². The summed E-state index contributed by atoms with van der Waals surface area (Å²) in [4.78, 5) is 0. The summed E-state index contributed by atoms with van der Waals surface area (Å²) in [6.07, 6.45) is 0. The summed E-state index contributed by atoms with van der Waals surface area (Å²) in [7, 11) is 0. The van der Waals surface area contributed by atoms with Crippen LogP contribution in [0.15, 0.2) is 60.7 Å². The van der Waals surface area contributed by atoms with Gasteiger partial charge in [-0.05, 0) is 23.5 Å². The zero-order valence-electron chi connectivity index (χ0n) is 10.9. The third-order valence-electron chi connectivity index (χ3n) is 2.96. The number of benzene rings is 2. The molecule has 2 atom stereocenters. The van der Waals surface area contributed by atoms with E-state index >= 15 is 0 Å². The minimum atomic E-state index is -2.07. The van der Waals surface area contributed by atoms with Gasteiger partial charge in [-0.3, -0.25) is 0 Å². The fourth-order valence-electron chi connectivity index (χ4n) is 1.95. The molecule has 2 aromatic carbocycles. The molecule has 1 nitrogen and oxygen atoms in total. The maximum absolute atomic E-state index is 6.51. The predicted octanol–water partition coefficient (Wildman–Crippen LogP) is 3.75.